The van der Waals surface area contributed by atoms with E-state index in [2.05, 4.69) is 5.32 Å². The lowest BCUT2D eigenvalue weighted by atomic mass is 9.96. The number of methoxy groups -OCH3 is 1. The number of hydrogen-bond acceptors (Lipinski definition) is 2. The summed E-state index contributed by atoms with van der Waals surface area (Å²) in [5, 5.41) is 3.13. The van der Waals surface area contributed by atoms with E-state index in [1.54, 1.807) is 18.2 Å². The Morgan fingerprint density at radius 1 is 1.05 bits per heavy atom. The number of nitrogens with one attached hydrogen (secondary N) is 1. The predicted octanol–water partition coefficient (Wildman–Crippen LogP) is 3.98. The van der Waals surface area contributed by atoms with Crippen molar-refractivity contribution in [2.24, 2.45) is 0 Å². The van der Waals surface area contributed by atoms with Crippen LogP contribution < -0.4 is 10.1 Å². The Hall–Kier alpha value is -1.94. The fraction of sp³-hybridized carbons (Fsp3) is 0.294. The van der Waals surface area contributed by atoms with Gasteiger partial charge < -0.3 is 10.1 Å². The first-order valence-corrected chi connectivity index (χ1v) is 6.89. The third kappa shape index (κ3) is 3.39. The Labute approximate surface area is 123 Å². The largest absolute Gasteiger partial charge is 0.497 e. The second kappa shape index (κ2) is 6.68. The van der Waals surface area contributed by atoms with Gasteiger partial charge in [-0.2, -0.15) is 0 Å². The summed E-state index contributed by atoms with van der Waals surface area (Å²) >= 11 is 0. The maximum absolute atomic E-state index is 14.3. The molecule has 0 saturated heterocycles. The number of ether oxygens (including phenoxy) is 1. The molecule has 1 unspecified atom stereocenters. The van der Waals surface area contributed by atoms with Crippen LogP contribution in [0, 0.1) is 18.6 Å². The van der Waals surface area contributed by atoms with Crippen molar-refractivity contribution in [2.45, 2.75) is 19.9 Å². The molecule has 0 aliphatic rings. The molecule has 0 radical (unpaired) electrons. The summed E-state index contributed by atoms with van der Waals surface area (Å²) in [6.45, 7) is 4.33. The highest BCUT2D eigenvalue weighted by molar-refractivity contribution is 5.38. The fourth-order valence-corrected chi connectivity index (χ4v) is 2.33. The zero-order valence-corrected chi connectivity index (χ0v) is 12.4. The number of benzene rings is 2. The van der Waals surface area contributed by atoms with Gasteiger partial charge in [0.05, 0.1) is 13.2 Å². The zero-order valence-electron chi connectivity index (χ0n) is 12.4. The van der Waals surface area contributed by atoms with E-state index in [1.807, 2.05) is 19.9 Å². The lowest BCUT2D eigenvalue weighted by molar-refractivity contribution is 0.410. The minimum atomic E-state index is -0.526. The first kappa shape index (κ1) is 15.4. The molecule has 0 heterocycles. The minimum absolute atomic E-state index is 0.337. The van der Waals surface area contributed by atoms with Gasteiger partial charge in [0.25, 0.3) is 0 Å². The SMILES string of the molecule is CCNC(c1ccc(C)cc1F)c1ccc(OC)cc1F. The lowest BCUT2D eigenvalue weighted by Crippen LogP contribution is -2.24. The molecule has 112 valence electrons. The van der Waals surface area contributed by atoms with Gasteiger partial charge in [-0.1, -0.05) is 25.1 Å². The molecule has 2 aromatic carbocycles. The Morgan fingerprint density at radius 3 is 2.19 bits per heavy atom. The van der Waals surface area contributed by atoms with Crippen LogP contribution in [0.25, 0.3) is 0 Å². The van der Waals surface area contributed by atoms with E-state index in [0.717, 1.165) is 5.56 Å². The Kier molecular flexibility index (Phi) is 4.91. The van der Waals surface area contributed by atoms with Crippen molar-refractivity contribution in [1.82, 2.24) is 5.32 Å². The molecule has 21 heavy (non-hydrogen) atoms. The molecule has 2 rings (SSSR count). The molecule has 0 bridgehead atoms. The minimum Gasteiger partial charge on any atom is -0.497 e. The van der Waals surface area contributed by atoms with E-state index in [1.165, 1.54) is 19.2 Å². The number of halogens is 2. The van der Waals surface area contributed by atoms with Crippen molar-refractivity contribution in [1.29, 1.82) is 0 Å². The van der Waals surface area contributed by atoms with Gasteiger partial charge >= 0.3 is 0 Å². The first-order chi connectivity index (χ1) is 10.1. The van der Waals surface area contributed by atoms with Crippen molar-refractivity contribution in [3.63, 3.8) is 0 Å². The number of hydrogen-bond donors (Lipinski definition) is 1. The smallest absolute Gasteiger partial charge is 0.132 e. The molecule has 0 aromatic heterocycles. The van der Waals surface area contributed by atoms with Gasteiger partial charge in [0.2, 0.25) is 0 Å². The topological polar surface area (TPSA) is 21.3 Å². The van der Waals surface area contributed by atoms with Gasteiger partial charge in [0.15, 0.2) is 0 Å². The highest BCUT2D eigenvalue weighted by Crippen LogP contribution is 2.29. The summed E-state index contributed by atoms with van der Waals surface area (Å²) in [6, 6.07) is 9.07. The van der Waals surface area contributed by atoms with E-state index in [-0.39, 0.29) is 5.82 Å². The third-order valence-corrected chi connectivity index (χ3v) is 3.39. The van der Waals surface area contributed by atoms with Crippen LogP contribution in [0.3, 0.4) is 0 Å². The lowest BCUT2D eigenvalue weighted by Gasteiger charge is -2.20. The van der Waals surface area contributed by atoms with Gasteiger partial charge in [-0.15, -0.1) is 0 Å². The summed E-state index contributed by atoms with van der Waals surface area (Å²) in [7, 11) is 1.48. The highest BCUT2D eigenvalue weighted by atomic mass is 19.1. The molecular weight excluding hydrogens is 272 g/mol. The summed E-state index contributed by atoms with van der Waals surface area (Å²) in [4.78, 5) is 0. The Bertz CT molecular complexity index is 628. The average molecular weight is 291 g/mol. The van der Waals surface area contributed by atoms with Gasteiger partial charge in [-0.25, -0.2) is 8.78 Å². The van der Waals surface area contributed by atoms with Crippen LogP contribution in [-0.4, -0.2) is 13.7 Å². The molecular formula is C17H19F2NO. The maximum atomic E-state index is 14.3. The second-order valence-electron chi connectivity index (χ2n) is 4.90. The van der Waals surface area contributed by atoms with Crippen molar-refractivity contribution in [3.05, 3.63) is 64.7 Å². The molecule has 0 amide bonds. The average Bonchev–Trinajstić information content (AvgIpc) is 2.46. The van der Waals surface area contributed by atoms with E-state index in [4.69, 9.17) is 4.74 Å². The van der Waals surface area contributed by atoms with Crippen LogP contribution >= 0.6 is 0 Å². The summed E-state index contributed by atoms with van der Waals surface area (Å²) in [5.74, 6) is -0.313. The summed E-state index contributed by atoms with van der Waals surface area (Å²) in [6.07, 6.45) is 0. The molecule has 2 aromatic rings. The standard InChI is InChI=1S/C17H19F2NO/c1-4-20-17(13-7-5-11(2)9-15(13)18)14-8-6-12(21-3)10-16(14)19/h5-10,17,20H,4H2,1-3H3. The van der Waals surface area contributed by atoms with Gasteiger partial charge in [0.1, 0.15) is 17.4 Å². The van der Waals surface area contributed by atoms with Crippen LogP contribution in [0.15, 0.2) is 36.4 Å². The molecule has 1 atom stereocenters. The number of rotatable bonds is 5. The molecule has 0 aliphatic heterocycles. The Balaban J connectivity index is 2.48. The van der Waals surface area contributed by atoms with Gasteiger partial charge in [-0.3, -0.25) is 0 Å². The van der Waals surface area contributed by atoms with Crippen molar-refractivity contribution >= 4 is 0 Å². The fourth-order valence-electron chi connectivity index (χ4n) is 2.33. The molecule has 0 saturated carbocycles. The monoisotopic (exact) mass is 291 g/mol. The number of aryl methyl sites for hydroxylation is 1. The molecule has 0 aliphatic carbocycles. The third-order valence-electron chi connectivity index (χ3n) is 3.39. The van der Waals surface area contributed by atoms with Gasteiger partial charge in [-0.05, 0) is 31.2 Å². The molecule has 2 nitrogen and oxygen atoms in total. The highest BCUT2D eigenvalue weighted by Gasteiger charge is 2.20. The summed E-state index contributed by atoms with van der Waals surface area (Å²) in [5.41, 5.74) is 1.67. The van der Waals surface area contributed by atoms with E-state index < -0.39 is 11.9 Å². The molecule has 4 heteroatoms. The van der Waals surface area contributed by atoms with Crippen LogP contribution in [0.2, 0.25) is 0 Å². The van der Waals surface area contributed by atoms with Crippen molar-refractivity contribution < 1.29 is 13.5 Å². The molecule has 1 N–H and O–H groups in total. The van der Waals surface area contributed by atoms with Crippen LogP contribution in [0.5, 0.6) is 5.75 Å². The maximum Gasteiger partial charge on any atom is 0.132 e. The molecule has 0 fully saturated rings. The first-order valence-electron chi connectivity index (χ1n) is 6.89. The molecule has 0 spiro atoms. The van der Waals surface area contributed by atoms with Gasteiger partial charge in [0, 0.05) is 17.2 Å². The predicted molar refractivity (Wildman–Crippen MR) is 79.6 cm³/mol. The van der Waals surface area contributed by atoms with Crippen LogP contribution in [0.1, 0.15) is 29.7 Å². The van der Waals surface area contributed by atoms with Crippen molar-refractivity contribution in [2.75, 3.05) is 13.7 Å². The van der Waals surface area contributed by atoms with Crippen LogP contribution in [0.4, 0.5) is 8.78 Å². The van der Waals surface area contributed by atoms with E-state index in [0.29, 0.717) is 23.4 Å². The summed E-state index contributed by atoms with van der Waals surface area (Å²) < 4.78 is 33.5. The second-order valence-corrected chi connectivity index (χ2v) is 4.90. The normalized spacial score (nSPS) is 12.2. The quantitative estimate of drug-likeness (QED) is 0.899. The van der Waals surface area contributed by atoms with E-state index >= 15 is 0 Å². The van der Waals surface area contributed by atoms with Crippen LogP contribution in [-0.2, 0) is 0 Å². The van der Waals surface area contributed by atoms with E-state index in [9.17, 15) is 8.78 Å². The van der Waals surface area contributed by atoms with Crippen molar-refractivity contribution in [3.8, 4) is 5.75 Å². The Morgan fingerprint density at radius 2 is 1.67 bits per heavy atom. The zero-order chi connectivity index (χ0) is 15.4.